The van der Waals surface area contributed by atoms with Gasteiger partial charge in [0.2, 0.25) is 0 Å². The highest BCUT2D eigenvalue weighted by molar-refractivity contribution is 7.86. The molecule has 0 aromatic carbocycles. The Morgan fingerprint density at radius 3 is 2.09 bits per heavy atom. The molecule has 0 saturated heterocycles. The van der Waals surface area contributed by atoms with E-state index in [4.69, 9.17) is 0 Å². The van der Waals surface area contributed by atoms with E-state index in [1.54, 1.807) is 13.8 Å². The number of hydrogen-bond donors (Lipinski definition) is 0. The summed E-state index contributed by atoms with van der Waals surface area (Å²) in [7, 11) is -4.30. The van der Waals surface area contributed by atoms with Gasteiger partial charge in [0.25, 0.3) is 0 Å². The summed E-state index contributed by atoms with van der Waals surface area (Å²) in [6.07, 6.45) is 1.61. The molecule has 0 bridgehead atoms. The van der Waals surface area contributed by atoms with Crippen molar-refractivity contribution in [2.45, 2.75) is 33.6 Å². The third-order valence-corrected chi connectivity index (χ3v) is 2.62. The summed E-state index contributed by atoms with van der Waals surface area (Å²) in [6, 6.07) is 0. The molecule has 2 nitrogen and oxygen atoms in total. The summed E-state index contributed by atoms with van der Waals surface area (Å²) in [4.78, 5) is 0. The van der Waals surface area contributed by atoms with E-state index in [1.807, 2.05) is 6.92 Å². The van der Waals surface area contributed by atoms with Gasteiger partial charge in [0.05, 0.1) is 5.75 Å². The SMILES string of the molecule is CCCC(C)(C)CS(=O)(=O)F. The Morgan fingerprint density at radius 1 is 1.36 bits per heavy atom. The molecule has 0 amide bonds. The summed E-state index contributed by atoms with van der Waals surface area (Å²) in [5.74, 6) is -0.367. The lowest BCUT2D eigenvalue weighted by molar-refractivity contribution is 0.368. The van der Waals surface area contributed by atoms with Crippen LogP contribution in [-0.4, -0.2) is 14.2 Å². The highest BCUT2D eigenvalue weighted by Gasteiger charge is 2.24. The van der Waals surface area contributed by atoms with Gasteiger partial charge in [0.15, 0.2) is 0 Å². The molecule has 0 aliphatic heterocycles. The molecule has 11 heavy (non-hydrogen) atoms. The van der Waals surface area contributed by atoms with Crippen molar-refractivity contribution in [3.05, 3.63) is 0 Å². The molecule has 0 atom stereocenters. The minimum Gasteiger partial charge on any atom is -0.195 e. The summed E-state index contributed by atoms with van der Waals surface area (Å²) in [5.41, 5.74) is -0.428. The predicted octanol–water partition coefficient (Wildman–Crippen LogP) is 2.11. The van der Waals surface area contributed by atoms with Gasteiger partial charge in [-0.05, 0) is 11.8 Å². The first-order chi connectivity index (χ1) is 4.77. The largest absolute Gasteiger partial charge is 0.302 e. The van der Waals surface area contributed by atoms with Crippen molar-refractivity contribution < 1.29 is 12.3 Å². The summed E-state index contributed by atoms with van der Waals surface area (Å²) < 4.78 is 32.7. The van der Waals surface area contributed by atoms with Crippen LogP contribution in [0.1, 0.15) is 33.6 Å². The Hall–Kier alpha value is -0.120. The Bertz CT molecular complexity index is 206. The first-order valence-corrected chi connectivity index (χ1v) is 5.24. The van der Waals surface area contributed by atoms with Gasteiger partial charge in [-0.15, -0.1) is 3.89 Å². The van der Waals surface area contributed by atoms with Gasteiger partial charge >= 0.3 is 10.2 Å². The molecule has 68 valence electrons. The third-order valence-electron chi connectivity index (χ3n) is 1.49. The third kappa shape index (κ3) is 6.28. The van der Waals surface area contributed by atoms with E-state index in [0.29, 0.717) is 0 Å². The van der Waals surface area contributed by atoms with Gasteiger partial charge in [0, 0.05) is 0 Å². The van der Waals surface area contributed by atoms with Crippen LogP contribution in [0, 0.1) is 5.41 Å². The highest BCUT2D eigenvalue weighted by Crippen LogP contribution is 2.24. The quantitative estimate of drug-likeness (QED) is 0.624. The van der Waals surface area contributed by atoms with Crippen molar-refractivity contribution >= 4 is 10.2 Å². The van der Waals surface area contributed by atoms with Crippen LogP contribution in [0.2, 0.25) is 0 Å². The lowest BCUT2D eigenvalue weighted by Gasteiger charge is -2.20. The molecule has 0 N–H and O–H groups in total. The molecule has 0 heterocycles. The zero-order valence-electron chi connectivity index (χ0n) is 7.22. The van der Waals surface area contributed by atoms with E-state index in [-0.39, 0.29) is 5.75 Å². The molecule has 4 heteroatoms. The molecule has 0 fully saturated rings. The Kier molecular flexibility index (Phi) is 3.48. The van der Waals surface area contributed by atoms with Crippen molar-refractivity contribution in [1.29, 1.82) is 0 Å². The fraction of sp³-hybridized carbons (Fsp3) is 1.00. The molecule has 0 radical (unpaired) electrons. The average Bonchev–Trinajstić information content (AvgIpc) is 1.55. The summed E-state index contributed by atoms with van der Waals surface area (Å²) in [6.45, 7) is 5.47. The lowest BCUT2D eigenvalue weighted by atomic mass is 9.91. The Morgan fingerprint density at radius 2 is 1.82 bits per heavy atom. The molecule has 0 saturated carbocycles. The second kappa shape index (κ2) is 3.52. The van der Waals surface area contributed by atoms with Crippen molar-refractivity contribution in [3.8, 4) is 0 Å². The normalized spacial score (nSPS) is 13.5. The van der Waals surface area contributed by atoms with Crippen LogP contribution in [-0.2, 0) is 10.2 Å². The van der Waals surface area contributed by atoms with Crippen LogP contribution in [0.4, 0.5) is 3.89 Å². The van der Waals surface area contributed by atoms with Crippen LogP contribution in [0.5, 0.6) is 0 Å². The van der Waals surface area contributed by atoms with Gasteiger partial charge in [0.1, 0.15) is 0 Å². The second-order valence-corrected chi connectivity index (χ2v) is 4.96. The van der Waals surface area contributed by atoms with Gasteiger partial charge in [-0.1, -0.05) is 27.2 Å². The van der Waals surface area contributed by atoms with Gasteiger partial charge in [-0.2, -0.15) is 8.42 Å². The number of rotatable bonds is 4. The van der Waals surface area contributed by atoms with E-state index in [2.05, 4.69) is 0 Å². The van der Waals surface area contributed by atoms with Crippen molar-refractivity contribution in [1.82, 2.24) is 0 Å². The molecule has 0 aromatic rings. The van der Waals surface area contributed by atoms with Crippen LogP contribution in [0.3, 0.4) is 0 Å². The minimum absolute atomic E-state index is 0.367. The van der Waals surface area contributed by atoms with Crippen molar-refractivity contribution in [2.24, 2.45) is 5.41 Å². The fourth-order valence-corrected chi connectivity index (χ4v) is 2.29. The Balaban J connectivity index is 4.13. The fourth-order valence-electron chi connectivity index (χ4n) is 1.22. The van der Waals surface area contributed by atoms with E-state index in [9.17, 15) is 12.3 Å². The number of hydrogen-bond acceptors (Lipinski definition) is 2. The van der Waals surface area contributed by atoms with Gasteiger partial charge in [-0.3, -0.25) is 0 Å². The van der Waals surface area contributed by atoms with E-state index in [0.717, 1.165) is 12.8 Å². The zero-order chi connectivity index (χ0) is 9.12. The van der Waals surface area contributed by atoms with Gasteiger partial charge < -0.3 is 0 Å². The molecular formula is C7H15FO2S. The Labute approximate surface area is 68.0 Å². The van der Waals surface area contributed by atoms with Crippen molar-refractivity contribution in [3.63, 3.8) is 0 Å². The maximum atomic E-state index is 12.2. The lowest BCUT2D eigenvalue weighted by Crippen LogP contribution is -2.21. The maximum Gasteiger partial charge on any atom is 0.302 e. The van der Waals surface area contributed by atoms with E-state index in [1.165, 1.54) is 0 Å². The second-order valence-electron chi connectivity index (χ2n) is 3.60. The maximum absolute atomic E-state index is 12.2. The van der Waals surface area contributed by atoms with Crippen LogP contribution in [0.15, 0.2) is 0 Å². The van der Waals surface area contributed by atoms with Crippen LogP contribution in [0.25, 0.3) is 0 Å². The van der Waals surface area contributed by atoms with Crippen molar-refractivity contribution in [2.75, 3.05) is 5.75 Å². The minimum atomic E-state index is -4.30. The first kappa shape index (κ1) is 10.9. The molecule has 0 aromatic heterocycles. The summed E-state index contributed by atoms with van der Waals surface area (Å²) in [5, 5.41) is 0. The van der Waals surface area contributed by atoms with E-state index >= 15 is 0 Å². The molecule has 0 unspecified atom stereocenters. The highest BCUT2D eigenvalue weighted by atomic mass is 32.3. The summed E-state index contributed by atoms with van der Waals surface area (Å²) >= 11 is 0. The smallest absolute Gasteiger partial charge is 0.195 e. The zero-order valence-corrected chi connectivity index (χ0v) is 8.04. The molecule has 0 rings (SSSR count). The molecule has 0 aliphatic rings. The van der Waals surface area contributed by atoms with Gasteiger partial charge in [-0.25, -0.2) is 0 Å². The standard InChI is InChI=1S/C7H15FO2S/c1-4-5-7(2,3)6-11(8,9)10/h4-6H2,1-3H3. The average molecular weight is 182 g/mol. The van der Waals surface area contributed by atoms with Crippen LogP contribution < -0.4 is 0 Å². The molecular weight excluding hydrogens is 167 g/mol. The predicted molar refractivity (Wildman–Crippen MR) is 43.6 cm³/mol. The topological polar surface area (TPSA) is 34.1 Å². The molecule has 0 aliphatic carbocycles. The van der Waals surface area contributed by atoms with Crippen LogP contribution >= 0.6 is 0 Å². The molecule has 0 spiro atoms. The monoisotopic (exact) mass is 182 g/mol. The van der Waals surface area contributed by atoms with E-state index < -0.39 is 15.6 Å². The number of halogens is 1. The first-order valence-electron chi connectivity index (χ1n) is 3.69.